The molecule has 2 N–H and O–H groups in total. The quantitative estimate of drug-likeness (QED) is 0.744. The molecule has 0 radical (unpaired) electrons. The first-order valence-corrected chi connectivity index (χ1v) is 10.7. The molecule has 152 valence electrons. The number of nitrogens with zero attached hydrogens (tertiary/aromatic N) is 2. The van der Waals surface area contributed by atoms with Gasteiger partial charge in [-0.1, -0.05) is 44.9 Å². The van der Waals surface area contributed by atoms with E-state index in [1.54, 1.807) is 31.4 Å². The predicted octanol–water partition coefficient (Wildman–Crippen LogP) is 4.49. The third-order valence-corrected chi connectivity index (χ3v) is 6.32. The Kier molecular flexibility index (Phi) is 6.67. The van der Waals surface area contributed by atoms with Crippen molar-refractivity contribution in [1.29, 1.82) is 0 Å². The predicted molar refractivity (Wildman–Crippen MR) is 113 cm³/mol. The summed E-state index contributed by atoms with van der Waals surface area (Å²) >= 11 is 1.34. The van der Waals surface area contributed by atoms with E-state index in [1.165, 1.54) is 37.0 Å². The summed E-state index contributed by atoms with van der Waals surface area (Å²) in [6, 6.07) is 7.71. The fraction of sp³-hybridized carbons (Fsp3) is 0.571. The largest absolute Gasteiger partial charge is 0.497 e. The highest BCUT2D eigenvalue weighted by atomic mass is 32.1. The maximum absolute atomic E-state index is 12.4. The molecule has 1 aromatic heterocycles. The Morgan fingerprint density at radius 1 is 1.18 bits per heavy atom. The molecule has 1 heterocycles. The summed E-state index contributed by atoms with van der Waals surface area (Å²) in [5.74, 6) is 1.17. The number of nitrogens with one attached hydrogen (secondary N) is 2. The van der Waals surface area contributed by atoms with Crippen LogP contribution in [0.5, 0.6) is 5.75 Å². The van der Waals surface area contributed by atoms with Crippen LogP contribution in [0.25, 0.3) is 0 Å². The van der Waals surface area contributed by atoms with Crippen molar-refractivity contribution < 1.29 is 9.53 Å². The van der Waals surface area contributed by atoms with Gasteiger partial charge in [0, 0.05) is 18.3 Å². The summed E-state index contributed by atoms with van der Waals surface area (Å²) in [6.07, 6.45) is 5.06. The van der Waals surface area contributed by atoms with Crippen LogP contribution in [-0.4, -0.2) is 29.3 Å². The maximum atomic E-state index is 12.4. The van der Waals surface area contributed by atoms with E-state index in [-0.39, 0.29) is 5.91 Å². The fourth-order valence-electron chi connectivity index (χ4n) is 3.91. The molecule has 28 heavy (non-hydrogen) atoms. The standard InChI is InChI=1S/C21H30N4O2S/c1-21(2,3)16-7-5-6-8-17(16)22-13-18-24-25-20(28-18)19(26)23-14-9-11-15(27-4)12-10-14/h9-12,16-17,22H,5-8,13H2,1-4H3,(H,23,26). The lowest BCUT2D eigenvalue weighted by molar-refractivity contribution is 0.102. The van der Waals surface area contributed by atoms with Gasteiger partial charge in [-0.05, 0) is 48.4 Å². The van der Waals surface area contributed by atoms with Crippen molar-refractivity contribution >= 4 is 22.9 Å². The molecule has 0 bridgehead atoms. The van der Waals surface area contributed by atoms with Crippen molar-refractivity contribution in [3.63, 3.8) is 0 Å². The molecule has 6 nitrogen and oxygen atoms in total. The van der Waals surface area contributed by atoms with Crippen LogP contribution in [0.2, 0.25) is 0 Å². The Balaban J connectivity index is 1.56. The summed E-state index contributed by atoms with van der Waals surface area (Å²) in [6.45, 7) is 7.63. The van der Waals surface area contributed by atoms with Crippen molar-refractivity contribution in [2.45, 2.75) is 59.0 Å². The van der Waals surface area contributed by atoms with Crippen molar-refractivity contribution in [2.24, 2.45) is 11.3 Å². The first kappa shape index (κ1) is 20.7. The number of amides is 1. The minimum atomic E-state index is -0.237. The van der Waals surface area contributed by atoms with Crippen LogP contribution in [0.1, 0.15) is 61.3 Å². The summed E-state index contributed by atoms with van der Waals surface area (Å²) in [5, 5.41) is 16.0. The molecule has 0 aliphatic heterocycles. The number of anilines is 1. The summed E-state index contributed by atoms with van der Waals surface area (Å²) in [4.78, 5) is 12.4. The van der Waals surface area contributed by atoms with Crippen molar-refractivity contribution in [3.05, 3.63) is 34.3 Å². The first-order valence-electron chi connectivity index (χ1n) is 9.88. The summed E-state index contributed by atoms with van der Waals surface area (Å²) < 4.78 is 5.13. The van der Waals surface area contributed by atoms with Gasteiger partial charge in [-0.25, -0.2) is 0 Å². The second kappa shape index (κ2) is 9.01. The van der Waals surface area contributed by atoms with Crippen LogP contribution in [0, 0.1) is 11.3 Å². The van der Waals surface area contributed by atoms with Crippen LogP contribution >= 0.6 is 11.3 Å². The van der Waals surface area contributed by atoms with E-state index in [0.717, 1.165) is 10.8 Å². The molecular formula is C21H30N4O2S. The van der Waals surface area contributed by atoms with Gasteiger partial charge in [0.15, 0.2) is 0 Å². The summed E-state index contributed by atoms with van der Waals surface area (Å²) in [5.41, 5.74) is 0.999. The van der Waals surface area contributed by atoms with E-state index < -0.39 is 0 Å². The molecule has 2 aromatic rings. The van der Waals surface area contributed by atoms with Crippen LogP contribution in [0.15, 0.2) is 24.3 Å². The van der Waals surface area contributed by atoms with Gasteiger partial charge < -0.3 is 15.4 Å². The Hall–Kier alpha value is -1.99. The number of carbonyl (C=O) groups excluding carboxylic acids is 1. The van der Waals surface area contributed by atoms with E-state index in [9.17, 15) is 4.79 Å². The molecule has 7 heteroatoms. The van der Waals surface area contributed by atoms with E-state index in [4.69, 9.17) is 4.74 Å². The maximum Gasteiger partial charge on any atom is 0.286 e. The minimum absolute atomic E-state index is 0.237. The smallest absolute Gasteiger partial charge is 0.286 e. The molecule has 1 saturated carbocycles. The van der Waals surface area contributed by atoms with Crippen LogP contribution in [0.4, 0.5) is 5.69 Å². The molecule has 1 fully saturated rings. The minimum Gasteiger partial charge on any atom is -0.497 e. The molecule has 1 amide bonds. The fourth-order valence-corrected chi connectivity index (χ4v) is 4.59. The van der Waals surface area contributed by atoms with E-state index in [2.05, 4.69) is 41.6 Å². The van der Waals surface area contributed by atoms with Gasteiger partial charge in [0.05, 0.1) is 7.11 Å². The normalized spacial score (nSPS) is 20.0. The van der Waals surface area contributed by atoms with Gasteiger partial charge in [-0.15, -0.1) is 10.2 Å². The second-order valence-corrected chi connectivity index (χ2v) is 9.49. The Morgan fingerprint density at radius 3 is 2.57 bits per heavy atom. The Bertz CT molecular complexity index is 782. The summed E-state index contributed by atoms with van der Waals surface area (Å²) in [7, 11) is 1.61. The number of hydrogen-bond acceptors (Lipinski definition) is 6. The molecule has 0 spiro atoms. The second-order valence-electron chi connectivity index (χ2n) is 8.43. The lowest BCUT2D eigenvalue weighted by Crippen LogP contribution is -2.43. The van der Waals surface area contributed by atoms with Crippen LogP contribution in [0.3, 0.4) is 0 Å². The Labute approximate surface area is 171 Å². The molecule has 2 atom stereocenters. The van der Waals surface area contributed by atoms with Crippen LogP contribution < -0.4 is 15.4 Å². The molecule has 1 aromatic carbocycles. The molecule has 0 saturated heterocycles. The number of carbonyl (C=O) groups is 1. The van der Waals surface area contributed by atoms with Crippen LogP contribution in [-0.2, 0) is 6.54 Å². The van der Waals surface area contributed by atoms with E-state index >= 15 is 0 Å². The number of ether oxygens (including phenoxy) is 1. The average Bonchev–Trinajstić information content (AvgIpc) is 3.16. The van der Waals surface area contributed by atoms with Gasteiger partial charge in [-0.3, -0.25) is 4.79 Å². The van der Waals surface area contributed by atoms with E-state index in [0.29, 0.717) is 34.6 Å². The topological polar surface area (TPSA) is 76.1 Å². The molecular weight excluding hydrogens is 372 g/mol. The zero-order valence-electron chi connectivity index (χ0n) is 17.1. The molecule has 1 aliphatic rings. The number of hydrogen-bond donors (Lipinski definition) is 2. The molecule has 1 aliphatic carbocycles. The van der Waals surface area contributed by atoms with Crippen molar-refractivity contribution in [1.82, 2.24) is 15.5 Å². The third-order valence-electron chi connectivity index (χ3n) is 5.40. The van der Waals surface area contributed by atoms with Gasteiger partial charge in [0.2, 0.25) is 5.01 Å². The van der Waals surface area contributed by atoms with Gasteiger partial charge in [-0.2, -0.15) is 0 Å². The number of rotatable bonds is 6. The monoisotopic (exact) mass is 402 g/mol. The van der Waals surface area contributed by atoms with Gasteiger partial charge >= 0.3 is 0 Å². The van der Waals surface area contributed by atoms with Crippen molar-refractivity contribution in [3.8, 4) is 5.75 Å². The Morgan fingerprint density at radius 2 is 1.89 bits per heavy atom. The van der Waals surface area contributed by atoms with Crippen molar-refractivity contribution in [2.75, 3.05) is 12.4 Å². The highest BCUT2D eigenvalue weighted by Gasteiger charge is 2.33. The van der Waals surface area contributed by atoms with E-state index in [1.807, 2.05) is 0 Å². The highest BCUT2D eigenvalue weighted by molar-refractivity contribution is 7.13. The zero-order valence-corrected chi connectivity index (χ0v) is 17.9. The highest BCUT2D eigenvalue weighted by Crippen LogP contribution is 2.38. The third kappa shape index (κ3) is 5.29. The average molecular weight is 403 g/mol. The number of aromatic nitrogens is 2. The number of methoxy groups -OCH3 is 1. The lowest BCUT2D eigenvalue weighted by atomic mass is 9.69. The zero-order chi connectivity index (χ0) is 20.1. The van der Waals surface area contributed by atoms with Gasteiger partial charge in [0.1, 0.15) is 10.8 Å². The number of benzene rings is 1. The SMILES string of the molecule is COc1ccc(NC(=O)c2nnc(CNC3CCCCC3C(C)(C)C)s2)cc1. The molecule has 3 rings (SSSR count). The lowest BCUT2D eigenvalue weighted by Gasteiger charge is -2.40. The molecule has 2 unspecified atom stereocenters. The van der Waals surface area contributed by atoms with Gasteiger partial charge in [0.25, 0.3) is 5.91 Å². The first-order chi connectivity index (χ1) is 13.4.